The van der Waals surface area contributed by atoms with Crippen LogP contribution in [-0.2, 0) is 4.74 Å². The lowest BCUT2D eigenvalue weighted by Crippen LogP contribution is -2.37. The van der Waals surface area contributed by atoms with Gasteiger partial charge >= 0.3 is 6.09 Å². The molecule has 0 aliphatic carbocycles. The SMILES string of the molecule is COc1ccccc1N1CCCOC1=O. The average molecular weight is 207 g/mol. The normalized spacial score (nSPS) is 16.1. The van der Waals surface area contributed by atoms with Gasteiger partial charge in [0.25, 0.3) is 0 Å². The van der Waals surface area contributed by atoms with Crippen molar-refractivity contribution < 1.29 is 14.3 Å². The number of methoxy groups -OCH3 is 1. The van der Waals surface area contributed by atoms with Gasteiger partial charge in [-0.15, -0.1) is 0 Å². The molecule has 1 aromatic rings. The van der Waals surface area contributed by atoms with Gasteiger partial charge in [0.1, 0.15) is 5.75 Å². The Morgan fingerprint density at radius 1 is 1.40 bits per heavy atom. The molecule has 4 nitrogen and oxygen atoms in total. The van der Waals surface area contributed by atoms with Crippen LogP contribution >= 0.6 is 0 Å². The van der Waals surface area contributed by atoms with Crippen molar-refractivity contribution in [2.75, 3.05) is 25.2 Å². The fraction of sp³-hybridized carbons (Fsp3) is 0.364. The van der Waals surface area contributed by atoms with Gasteiger partial charge in [0, 0.05) is 6.54 Å². The second kappa shape index (κ2) is 4.21. The quantitative estimate of drug-likeness (QED) is 0.744. The maximum Gasteiger partial charge on any atom is 0.414 e. The molecule has 0 radical (unpaired) electrons. The number of amides is 1. The summed E-state index contributed by atoms with van der Waals surface area (Å²) in [6.45, 7) is 1.18. The summed E-state index contributed by atoms with van der Waals surface area (Å²) < 4.78 is 10.2. The first-order chi connectivity index (χ1) is 7.33. The van der Waals surface area contributed by atoms with Crippen LogP contribution in [0.15, 0.2) is 24.3 Å². The third kappa shape index (κ3) is 1.88. The third-order valence-corrected chi connectivity index (χ3v) is 2.35. The van der Waals surface area contributed by atoms with Crippen molar-refractivity contribution in [1.82, 2.24) is 0 Å². The summed E-state index contributed by atoms with van der Waals surface area (Å²) >= 11 is 0. The lowest BCUT2D eigenvalue weighted by atomic mass is 10.2. The fourth-order valence-electron chi connectivity index (χ4n) is 1.62. The number of cyclic esters (lactones) is 1. The summed E-state index contributed by atoms with van der Waals surface area (Å²) in [4.78, 5) is 13.1. The third-order valence-electron chi connectivity index (χ3n) is 2.35. The summed E-state index contributed by atoms with van der Waals surface area (Å²) in [7, 11) is 1.59. The van der Waals surface area contributed by atoms with Gasteiger partial charge < -0.3 is 9.47 Å². The van der Waals surface area contributed by atoms with Crippen LogP contribution in [0.25, 0.3) is 0 Å². The molecule has 1 aromatic carbocycles. The Bertz CT molecular complexity index is 365. The van der Waals surface area contributed by atoms with Gasteiger partial charge in [0.15, 0.2) is 0 Å². The van der Waals surface area contributed by atoms with Crippen molar-refractivity contribution in [2.45, 2.75) is 6.42 Å². The van der Waals surface area contributed by atoms with E-state index in [-0.39, 0.29) is 6.09 Å². The maximum atomic E-state index is 11.5. The number of carbonyl (C=O) groups is 1. The van der Waals surface area contributed by atoms with Crippen LogP contribution in [0.2, 0.25) is 0 Å². The smallest absolute Gasteiger partial charge is 0.414 e. The van der Waals surface area contributed by atoms with Crippen LogP contribution in [0.3, 0.4) is 0 Å². The van der Waals surface area contributed by atoms with E-state index >= 15 is 0 Å². The summed E-state index contributed by atoms with van der Waals surface area (Å²) in [5.41, 5.74) is 0.768. The largest absolute Gasteiger partial charge is 0.495 e. The predicted octanol–water partition coefficient (Wildman–Crippen LogP) is 2.04. The van der Waals surface area contributed by atoms with E-state index in [2.05, 4.69) is 0 Å². The Kier molecular flexibility index (Phi) is 2.76. The van der Waals surface area contributed by atoms with Gasteiger partial charge in [-0.25, -0.2) is 4.79 Å². The van der Waals surface area contributed by atoms with Crippen LogP contribution in [-0.4, -0.2) is 26.4 Å². The molecule has 0 spiro atoms. The fourth-order valence-corrected chi connectivity index (χ4v) is 1.62. The molecule has 1 saturated heterocycles. The minimum atomic E-state index is -0.300. The second-order valence-electron chi connectivity index (χ2n) is 3.29. The summed E-state index contributed by atoms with van der Waals surface area (Å²) in [5.74, 6) is 0.691. The number of rotatable bonds is 2. The molecule has 4 heteroatoms. The van der Waals surface area contributed by atoms with Crippen LogP contribution in [0.1, 0.15) is 6.42 Å². The van der Waals surface area contributed by atoms with E-state index in [1.54, 1.807) is 12.0 Å². The Morgan fingerprint density at radius 3 is 2.93 bits per heavy atom. The Hall–Kier alpha value is -1.71. The van der Waals surface area contributed by atoms with E-state index in [0.29, 0.717) is 18.9 Å². The highest BCUT2D eigenvalue weighted by molar-refractivity contribution is 5.90. The molecule has 1 amide bonds. The van der Waals surface area contributed by atoms with Crippen LogP contribution in [0.4, 0.5) is 10.5 Å². The van der Waals surface area contributed by atoms with E-state index in [0.717, 1.165) is 12.1 Å². The molecule has 0 saturated carbocycles. The first-order valence-electron chi connectivity index (χ1n) is 4.90. The molecule has 1 heterocycles. The van der Waals surface area contributed by atoms with Gasteiger partial charge in [-0.2, -0.15) is 0 Å². The standard InChI is InChI=1S/C11H13NO3/c1-14-10-6-3-2-5-9(10)12-7-4-8-15-11(12)13/h2-3,5-6H,4,7-8H2,1H3. The predicted molar refractivity (Wildman–Crippen MR) is 56.3 cm³/mol. The molecule has 1 fully saturated rings. The van der Waals surface area contributed by atoms with Crippen molar-refractivity contribution in [3.63, 3.8) is 0 Å². The summed E-state index contributed by atoms with van der Waals surface area (Å²) in [5, 5.41) is 0. The molecule has 0 N–H and O–H groups in total. The highest BCUT2D eigenvalue weighted by atomic mass is 16.6. The molecule has 1 aliphatic heterocycles. The zero-order chi connectivity index (χ0) is 10.7. The van der Waals surface area contributed by atoms with Crippen molar-refractivity contribution >= 4 is 11.8 Å². The van der Waals surface area contributed by atoms with Crippen LogP contribution < -0.4 is 9.64 Å². The summed E-state index contributed by atoms with van der Waals surface area (Å²) in [6, 6.07) is 7.43. The van der Waals surface area contributed by atoms with Crippen molar-refractivity contribution in [1.29, 1.82) is 0 Å². The molecule has 0 unspecified atom stereocenters. The highest BCUT2D eigenvalue weighted by Crippen LogP contribution is 2.29. The minimum absolute atomic E-state index is 0.300. The lowest BCUT2D eigenvalue weighted by molar-refractivity contribution is 0.140. The van der Waals surface area contributed by atoms with Crippen molar-refractivity contribution in [2.24, 2.45) is 0 Å². The number of nitrogens with zero attached hydrogens (tertiary/aromatic N) is 1. The molecule has 2 rings (SSSR count). The molecule has 0 atom stereocenters. The second-order valence-corrected chi connectivity index (χ2v) is 3.29. The van der Waals surface area contributed by atoms with Crippen LogP contribution in [0.5, 0.6) is 5.75 Å². The van der Waals surface area contributed by atoms with E-state index in [1.165, 1.54) is 0 Å². The molecule has 1 aliphatic rings. The number of para-hydroxylation sites is 2. The Balaban J connectivity index is 2.30. The van der Waals surface area contributed by atoms with Crippen LogP contribution in [0, 0.1) is 0 Å². The minimum Gasteiger partial charge on any atom is -0.495 e. The molecule has 15 heavy (non-hydrogen) atoms. The van der Waals surface area contributed by atoms with E-state index in [1.807, 2.05) is 24.3 Å². The van der Waals surface area contributed by atoms with E-state index in [9.17, 15) is 4.79 Å². The molecular formula is C11H13NO3. The summed E-state index contributed by atoms with van der Waals surface area (Å²) in [6.07, 6.45) is 0.551. The molecule has 80 valence electrons. The highest BCUT2D eigenvalue weighted by Gasteiger charge is 2.23. The zero-order valence-electron chi connectivity index (χ0n) is 8.60. The lowest BCUT2D eigenvalue weighted by Gasteiger charge is -2.27. The number of benzene rings is 1. The Morgan fingerprint density at radius 2 is 2.20 bits per heavy atom. The van der Waals surface area contributed by atoms with Gasteiger partial charge in [0.05, 0.1) is 19.4 Å². The number of anilines is 1. The molecule has 0 bridgehead atoms. The van der Waals surface area contributed by atoms with Crippen molar-refractivity contribution in [3.05, 3.63) is 24.3 Å². The number of ether oxygens (including phenoxy) is 2. The van der Waals surface area contributed by atoms with Gasteiger partial charge in [-0.1, -0.05) is 12.1 Å². The first-order valence-corrected chi connectivity index (χ1v) is 4.90. The number of hydrogen-bond acceptors (Lipinski definition) is 3. The number of hydrogen-bond donors (Lipinski definition) is 0. The van der Waals surface area contributed by atoms with E-state index in [4.69, 9.17) is 9.47 Å². The topological polar surface area (TPSA) is 38.8 Å². The van der Waals surface area contributed by atoms with E-state index < -0.39 is 0 Å². The van der Waals surface area contributed by atoms with Crippen molar-refractivity contribution in [3.8, 4) is 5.75 Å². The zero-order valence-corrected chi connectivity index (χ0v) is 8.60. The maximum absolute atomic E-state index is 11.5. The van der Waals surface area contributed by atoms with Gasteiger partial charge in [0.2, 0.25) is 0 Å². The number of carbonyl (C=O) groups excluding carboxylic acids is 1. The monoisotopic (exact) mass is 207 g/mol. The molecular weight excluding hydrogens is 194 g/mol. The van der Waals surface area contributed by atoms with Gasteiger partial charge in [-0.05, 0) is 18.6 Å². The van der Waals surface area contributed by atoms with Gasteiger partial charge in [-0.3, -0.25) is 4.90 Å². The molecule has 0 aromatic heterocycles. The first kappa shape index (κ1) is 9.83. The average Bonchev–Trinajstić information content (AvgIpc) is 2.30. The Labute approximate surface area is 88.4 Å².